The van der Waals surface area contributed by atoms with Crippen LogP contribution in [0.25, 0.3) is 6.08 Å². The van der Waals surface area contributed by atoms with E-state index in [2.05, 4.69) is 10.5 Å². The van der Waals surface area contributed by atoms with Crippen LogP contribution < -0.4 is 5.32 Å². The van der Waals surface area contributed by atoms with Crippen LogP contribution >= 0.6 is 0 Å². The number of amides is 2. The molecule has 152 valence electrons. The van der Waals surface area contributed by atoms with Crippen molar-refractivity contribution in [2.24, 2.45) is 5.92 Å². The summed E-state index contributed by atoms with van der Waals surface area (Å²) in [5.41, 5.74) is 0.957. The van der Waals surface area contributed by atoms with Crippen LogP contribution in [0.4, 0.5) is 5.82 Å². The fraction of sp³-hybridized carbons (Fsp3) is 0.333. The number of hydrogen-bond donors (Lipinski definition) is 1. The summed E-state index contributed by atoms with van der Waals surface area (Å²) >= 11 is 0. The van der Waals surface area contributed by atoms with Gasteiger partial charge in [0.2, 0.25) is 5.91 Å². The zero-order valence-corrected chi connectivity index (χ0v) is 16.2. The van der Waals surface area contributed by atoms with Gasteiger partial charge in [-0.05, 0) is 31.4 Å². The minimum atomic E-state index is -0.481. The maximum atomic E-state index is 12.3. The van der Waals surface area contributed by atoms with Gasteiger partial charge in [-0.2, -0.15) is 0 Å². The summed E-state index contributed by atoms with van der Waals surface area (Å²) in [5.74, 6) is -0.466. The molecule has 0 radical (unpaired) electrons. The molecule has 1 aliphatic heterocycles. The monoisotopic (exact) mass is 397 g/mol. The van der Waals surface area contributed by atoms with Gasteiger partial charge in [-0.25, -0.2) is 0 Å². The molecular formula is C21H23N3O5. The standard InChI is InChI=1S/C21H23N3O5/c1-15-13-18(23-29-15)22-19(25)14-28-21(27)17-9-11-24(12-10-17)20(26)8-7-16-5-3-2-4-6-16/h2-8,13,17H,9-12,14H2,1H3,(H,22,23,25)/b8-7+. The van der Waals surface area contributed by atoms with Crippen LogP contribution in [0.1, 0.15) is 24.2 Å². The molecule has 0 spiro atoms. The molecule has 2 heterocycles. The van der Waals surface area contributed by atoms with Gasteiger partial charge in [-0.1, -0.05) is 35.5 Å². The van der Waals surface area contributed by atoms with Gasteiger partial charge in [0.25, 0.3) is 5.91 Å². The summed E-state index contributed by atoms with van der Waals surface area (Å²) in [7, 11) is 0. The van der Waals surface area contributed by atoms with E-state index in [0.717, 1.165) is 5.56 Å². The zero-order chi connectivity index (χ0) is 20.6. The lowest BCUT2D eigenvalue weighted by atomic mass is 9.97. The summed E-state index contributed by atoms with van der Waals surface area (Å²) in [4.78, 5) is 38.0. The van der Waals surface area contributed by atoms with Gasteiger partial charge in [-0.3, -0.25) is 14.4 Å². The number of carbonyl (C=O) groups excluding carboxylic acids is 3. The van der Waals surface area contributed by atoms with Gasteiger partial charge in [-0.15, -0.1) is 0 Å². The van der Waals surface area contributed by atoms with Crippen molar-refractivity contribution >= 4 is 29.7 Å². The molecule has 1 aromatic heterocycles. The Balaban J connectivity index is 1.39. The Kier molecular flexibility index (Phi) is 6.78. The number of aromatic nitrogens is 1. The summed E-state index contributed by atoms with van der Waals surface area (Å²) < 4.78 is 9.95. The Bertz CT molecular complexity index is 883. The summed E-state index contributed by atoms with van der Waals surface area (Å²) in [5, 5.41) is 6.13. The maximum absolute atomic E-state index is 12.3. The Hall–Kier alpha value is -3.42. The van der Waals surface area contributed by atoms with Crippen molar-refractivity contribution in [1.29, 1.82) is 0 Å². The molecule has 1 saturated heterocycles. The van der Waals surface area contributed by atoms with Crippen molar-refractivity contribution in [3.63, 3.8) is 0 Å². The second-order valence-electron chi connectivity index (χ2n) is 6.82. The minimum Gasteiger partial charge on any atom is -0.455 e. The van der Waals surface area contributed by atoms with Crippen molar-refractivity contribution in [2.45, 2.75) is 19.8 Å². The quantitative estimate of drug-likeness (QED) is 0.593. The van der Waals surface area contributed by atoms with E-state index in [4.69, 9.17) is 9.26 Å². The van der Waals surface area contributed by atoms with Gasteiger partial charge in [0.15, 0.2) is 12.4 Å². The van der Waals surface area contributed by atoms with Gasteiger partial charge < -0.3 is 19.5 Å². The highest BCUT2D eigenvalue weighted by Crippen LogP contribution is 2.19. The molecule has 8 nitrogen and oxygen atoms in total. The number of nitrogens with zero attached hydrogens (tertiary/aromatic N) is 2. The average Bonchev–Trinajstić information content (AvgIpc) is 3.15. The van der Waals surface area contributed by atoms with E-state index in [1.807, 2.05) is 30.3 Å². The predicted octanol–water partition coefficient (Wildman–Crippen LogP) is 2.42. The lowest BCUT2D eigenvalue weighted by Gasteiger charge is -2.30. The number of aryl methyl sites for hydroxylation is 1. The van der Waals surface area contributed by atoms with Crippen molar-refractivity contribution < 1.29 is 23.6 Å². The number of anilines is 1. The van der Waals surface area contributed by atoms with Gasteiger partial charge in [0.1, 0.15) is 5.76 Å². The summed E-state index contributed by atoms with van der Waals surface area (Å²) in [6.07, 6.45) is 4.34. The van der Waals surface area contributed by atoms with Crippen molar-refractivity contribution in [2.75, 3.05) is 25.0 Å². The van der Waals surface area contributed by atoms with Crippen LogP contribution in [0.3, 0.4) is 0 Å². The van der Waals surface area contributed by atoms with E-state index in [-0.39, 0.29) is 24.2 Å². The number of likely N-dealkylation sites (tertiary alicyclic amines) is 1. The van der Waals surface area contributed by atoms with Crippen LogP contribution in [-0.4, -0.2) is 47.5 Å². The summed E-state index contributed by atoms with van der Waals surface area (Å²) in [6.45, 7) is 2.27. The largest absolute Gasteiger partial charge is 0.455 e. The Labute approximate surface area is 168 Å². The van der Waals surface area contributed by atoms with Crippen LogP contribution in [0, 0.1) is 12.8 Å². The van der Waals surface area contributed by atoms with Crippen LogP contribution in [-0.2, 0) is 19.1 Å². The molecule has 3 rings (SSSR count). The normalized spacial score (nSPS) is 14.7. The van der Waals surface area contributed by atoms with Crippen molar-refractivity contribution in [3.05, 3.63) is 53.8 Å². The van der Waals surface area contributed by atoms with Crippen LogP contribution in [0.5, 0.6) is 0 Å². The number of esters is 1. The first-order chi connectivity index (χ1) is 14.0. The third-order valence-corrected chi connectivity index (χ3v) is 4.60. The number of nitrogens with one attached hydrogen (secondary N) is 1. The Morgan fingerprint density at radius 3 is 2.62 bits per heavy atom. The molecule has 2 amide bonds. The third-order valence-electron chi connectivity index (χ3n) is 4.60. The molecule has 29 heavy (non-hydrogen) atoms. The number of hydrogen-bond acceptors (Lipinski definition) is 6. The molecule has 1 aliphatic rings. The average molecular weight is 397 g/mol. The third kappa shape index (κ3) is 6.03. The maximum Gasteiger partial charge on any atom is 0.309 e. The SMILES string of the molecule is Cc1cc(NC(=O)COC(=O)C2CCN(C(=O)/C=C/c3ccccc3)CC2)no1. The van der Waals surface area contributed by atoms with Gasteiger partial charge in [0.05, 0.1) is 5.92 Å². The van der Waals surface area contributed by atoms with Crippen molar-refractivity contribution in [3.8, 4) is 0 Å². The lowest BCUT2D eigenvalue weighted by molar-refractivity contribution is -0.153. The number of piperidine rings is 1. The molecular weight excluding hydrogens is 374 g/mol. The molecule has 8 heteroatoms. The predicted molar refractivity (Wildman–Crippen MR) is 106 cm³/mol. The Morgan fingerprint density at radius 1 is 1.24 bits per heavy atom. The van der Waals surface area contributed by atoms with Gasteiger partial charge in [0, 0.05) is 25.2 Å². The van der Waals surface area contributed by atoms with Crippen molar-refractivity contribution in [1.82, 2.24) is 10.1 Å². The van der Waals surface area contributed by atoms with E-state index in [1.54, 1.807) is 30.0 Å². The number of ether oxygens (including phenoxy) is 1. The number of rotatable bonds is 6. The topological polar surface area (TPSA) is 102 Å². The highest BCUT2D eigenvalue weighted by atomic mass is 16.5. The fourth-order valence-corrected chi connectivity index (χ4v) is 3.03. The minimum absolute atomic E-state index is 0.0806. The second kappa shape index (κ2) is 9.68. The molecule has 2 aromatic rings. The highest BCUT2D eigenvalue weighted by Gasteiger charge is 2.28. The fourth-order valence-electron chi connectivity index (χ4n) is 3.03. The zero-order valence-electron chi connectivity index (χ0n) is 16.2. The second-order valence-corrected chi connectivity index (χ2v) is 6.82. The first-order valence-corrected chi connectivity index (χ1v) is 9.43. The molecule has 1 N–H and O–H groups in total. The van der Waals surface area contributed by atoms with Gasteiger partial charge >= 0.3 is 5.97 Å². The van der Waals surface area contributed by atoms with Crippen LogP contribution in [0.15, 0.2) is 47.0 Å². The van der Waals surface area contributed by atoms with E-state index in [0.29, 0.717) is 31.7 Å². The van der Waals surface area contributed by atoms with Crippen LogP contribution in [0.2, 0.25) is 0 Å². The van der Waals surface area contributed by atoms with E-state index < -0.39 is 11.9 Å². The van der Waals surface area contributed by atoms with E-state index >= 15 is 0 Å². The highest BCUT2D eigenvalue weighted by molar-refractivity contribution is 5.93. The smallest absolute Gasteiger partial charge is 0.309 e. The Morgan fingerprint density at radius 2 is 1.97 bits per heavy atom. The van der Waals surface area contributed by atoms with E-state index in [9.17, 15) is 14.4 Å². The lowest BCUT2D eigenvalue weighted by Crippen LogP contribution is -2.40. The first-order valence-electron chi connectivity index (χ1n) is 9.43. The first kappa shape index (κ1) is 20.3. The molecule has 0 unspecified atom stereocenters. The molecule has 0 saturated carbocycles. The number of benzene rings is 1. The van der Waals surface area contributed by atoms with E-state index in [1.165, 1.54) is 0 Å². The summed E-state index contributed by atoms with van der Waals surface area (Å²) in [6, 6.07) is 11.2. The molecule has 0 atom stereocenters. The molecule has 1 fully saturated rings. The molecule has 0 aliphatic carbocycles. The number of carbonyl (C=O) groups is 3. The molecule has 0 bridgehead atoms. The molecule has 1 aromatic carbocycles.